The van der Waals surface area contributed by atoms with Crippen molar-refractivity contribution in [2.75, 3.05) is 24.3 Å². The molecule has 0 radical (unpaired) electrons. The number of hydrogen-bond donors (Lipinski definition) is 1. The second-order valence-corrected chi connectivity index (χ2v) is 6.76. The van der Waals surface area contributed by atoms with Crippen molar-refractivity contribution in [1.82, 2.24) is 9.97 Å². The van der Waals surface area contributed by atoms with E-state index in [0.717, 1.165) is 16.8 Å². The molecular weight excluding hydrogens is 320 g/mol. The fraction of sp³-hybridized carbons (Fsp3) is 0.389. The highest BCUT2D eigenvalue weighted by Gasteiger charge is 2.34. The molecule has 0 spiro atoms. The number of aromatic nitrogens is 2. The predicted octanol–water partition coefficient (Wildman–Crippen LogP) is 2.04. The molecule has 2 aromatic rings. The molecule has 25 heavy (non-hydrogen) atoms. The molecule has 2 N–H and O–H groups in total. The topological polar surface area (TPSA) is 90.6 Å². The molecular formula is C18H20N4O3. The van der Waals surface area contributed by atoms with Crippen molar-refractivity contribution in [1.29, 1.82) is 0 Å². The molecule has 0 aliphatic carbocycles. The van der Waals surface area contributed by atoms with Gasteiger partial charge in [-0.25, -0.2) is 0 Å². The smallest absolute Gasteiger partial charge is 0.318 e. The van der Waals surface area contributed by atoms with Crippen molar-refractivity contribution in [3.63, 3.8) is 0 Å². The first-order valence-electron chi connectivity index (χ1n) is 8.20. The van der Waals surface area contributed by atoms with Crippen LogP contribution in [0.5, 0.6) is 6.01 Å². The Labute approximate surface area is 145 Å². The maximum absolute atomic E-state index is 13.0. The van der Waals surface area contributed by atoms with Crippen LogP contribution in [-0.4, -0.2) is 29.5 Å². The molecule has 0 saturated heterocycles. The maximum atomic E-state index is 13.0. The van der Waals surface area contributed by atoms with E-state index in [9.17, 15) is 4.79 Å². The van der Waals surface area contributed by atoms with Crippen LogP contribution in [0.1, 0.15) is 41.0 Å². The molecule has 7 heteroatoms. The van der Waals surface area contributed by atoms with Gasteiger partial charge in [-0.05, 0) is 37.1 Å². The van der Waals surface area contributed by atoms with Gasteiger partial charge in [0.15, 0.2) is 0 Å². The van der Waals surface area contributed by atoms with E-state index in [1.54, 1.807) is 4.90 Å². The summed E-state index contributed by atoms with van der Waals surface area (Å²) >= 11 is 0. The SMILES string of the molecule is COc1nc(N)c2c(n1)CCN(c1ccc3c(c1)COC3(C)C)C2=O. The molecule has 1 amide bonds. The van der Waals surface area contributed by atoms with E-state index in [0.29, 0.717) is 30.8 Å². The number of benzene rings is 1. The first-order valence-corrected chi connectivity index (χ1v) is 8.20. The van der Waals surface area contributed by atoms with Gasteiger partial charge < -0.3 is 20.1 Å². The first-order chi connectivity index (χ1) is 11.9. The molecule has 0 fully saturated rings. The Bertz CT molecular complexity index is 879. The summed E-state index contributed by atoms with van der Waals surface area (Å²) in [5.41, 5.74) is 9.80. The third-order valence-electron chi connectivity index (χ3n) is 4.84. The van der Waals surface area contributed by atoms with Crippen LogP contribution in [0.4, 0.5) is 11.5 Å². The van der Waals surface area contributed by atoms with Crippen molar-refractivity contribution in [3.8, 4) is 6.01 Å². The number of anilines is 2. The van der Waals surface area contributed by atoms with Gasteiger partial charge in [-0.2, -0.15) is 9.97 Å². The lowest BCUT2D eigenvalue weighted by molar-refractivity contribution is -0.00789. The summed E-state index contributed by atoms with van der Waals surface area (Å²) in [4.78, 5) is 23.0. The number of hydrogen-bond acceptors (Lipinski definition) is 6. The Morgan fingerprint density at radius 2 is 2.12 bits per heavy atom. The molecule has 0 atom stereocenters. The second kappa shape index (κ2) is 5.42. The fourth-order valence-electron chi connectivity index (χ4n) is 3.50. The highest BCUT2D eigenvalue weighted by atomic mass is 16.5. The molecule has 3 heterocycles. The van der Waals surface area contributed by atoms with Gasteiger partial charge in [0.2, 0.25) is 0 Å². The van der Waals surface area contributed by atoms with Crippen molar-refractivity contribution in [2.24, 2.45) is 0 Å². The normalized spacial score (nSPS) is 18.0. The highest BCUT2D eigenvalue weighted by molar-refractivity contribution is 6.10. The summed E-state index contributed by atoms with van der Waals surface area (Å²) in [7, 11) is 1.48. The summed E-state index contributed by atoms with van der Waals surface area (Å²) in [6.07, 6.45) is 0.600. The zero-order valence-electron chi connectivity index (χ0n) is 14.5. The zero-order chi connectivity index (χ0) is 17.8. The average molecular weight is 340 g/mol. The van der Waals surface area contributed by atoms with Gasteiger partial charge in [0.25, 0.3) is 5.91 Å². The third kappa shape index (κ3) is 2.42. The van der Waals surface area contributed by atoms with Crippen molar-refractivity contribution < 1.29 is 14.3 Å². The third-order valence-corrected chi connectivity index (χ3v) is 4.84. The quantitative estimate of drug-likeness (QED) is 0.899. The van der Waals surface area contributed by atoms with E-state index in [-0.39, 0.29) is 23.3 Å². The minimum absolute atomic E-state index is 0.155. The number of nitrogens with zero attached hydrogens (tertiary/aromatic N) is 3. The monoisotopic (exact) mass is 340 g/mol. The van der Waals surface area contributed by atoms with E-state index in [4.69, 9.17) is 15.2 Å². The summed E-state index contributed by atoms with van der Waals surface area (Å²) in [5.74, 6) is -0.0262. The molecule has 0 unspecified atom stereocenters. The predicted molar refractivity (Wildman–Crippen MR) is 92.6 cm³/mol. The number of rotatable bonds is 2. The molecule has 1 aromatic heterocycles. The Morgan fingerprint density at radius 3 is 2.88 bits per heavy atom. The van der Waals surface area contributed by atoms with Gasteiger partial charge >= 0.3 is 6.01 Å². The van der Waals surface area contributed by atoms with Gasteiger partial charge in [-0.1, -0.05) is 6.07 Å². The van der Waals surface area contributed by atoms with Crippen LogP contribution >= 0.6 is 0 Å². The lowest BCUT2D eigenvalue weighted by Gasteiger charge is -2.29. The van der Waals surface area contributed by atoms with Gasteiger partial charge in [-0.3, -0.25) is 4.79 Å². The minimum atomic E-state index is -0.290. The molecule has 4 rings (SSSR count). The molecule has 0 saturated carbocycles. The van der Waals surface area contributed by atoms with Crippen LogP contribution in [0.15, 0.2) is 18.2 Å². The van der Waals surface area contributed by atoms with Gasteiger partial charge in [0.1, 0.15) is 11.4 Å². The molecule has 130 valence electrons. The molecule has 2 aliphatic rings. The number of methoxy groups -OCH3 is 1. The van der Waals surface area contributed by atoms with Crippen LogP contribution in [0.3, 0.4) is 0 Å². The molecule has 0 bridgehead atoms. The van der Waals surface area contributed by atoms with E-state index in [1.165, 1.54) is 7.11 Å². The molecule has 7 nitrogen and oxygen atoms in total. The Morgan fingerprint density at radius 1 is 1.32 bits per heavy atom. The van der Waals surface area contributed by atoms with E-state index in [1.807, 2.05) is 32.0 Å². The lowest BCUT2D eigenvalue weighted by atomic mass is 9.95. The first kappa shape index (κ1) is 15.8. The number of carbonyl (C=O) groups excluding carboxylic acids is 1. The summed E-state index contributed by atoms with van der Waals surface area (Å²) < 4.78 is 10.9. The largest absolute Gasteiger partial charge is 0.467 e. The van der Waals surface area contributed by atoms with Crippen molar-refractivity contribution in [2.45, 2.75) is 32.5 Å². The van der Waals surface area contributed by atoms with Crippen LogP contribution in [0, 0.1) is 0 Å². The van der Waals surface area contributed by atoms with Gasteiger partial charge in [-0.15, -0.1) is 0 Å². The minimum Gasteiger partial charge on any atom is -0.467 e. The standard InChI is InChI=1S/C18H20N4O3/c1-18(2)12-5-4-11(8-10(12)9-25-18)22-7-6-13-14(16(22)23)15(19)21-17(20-13)24-3/h4-5,8H,6-7,9H2,1-3H3,(H2,19,20,21). The second-order valence-electron chi connectivity index (χ2n) is 6.76. The van der Waals surface area contributed by atoms with Crippen LogP contribution in [0.2, 0.25) is 0 Å². The van der Waals surface area contributed by atoms with Crippen LogP contribution < -0.4 is 15.4 Å². The zero-order valence-corrected chi connectivity index (χ0v) is 14.5. The summed E-state index contributed by atoms with van der Waals surface area (Å²) in [6, 6.07) is 6.20. The van der Waals surface area contributed by atoms with Gasteiger partial charge in [0, 0.05) is 18.7 Å². The molecule has 2 aliphatic heterocycles. The average Bonchev–Trinajstić information content (AvgIpc) is 2.89. The maximum Gasteiger partial charge on any atom is 0.318 e. The van der Waals surface area contributed by atoms with E-state index >= 15 is 0 Å². The summed E-state index contributed by atoms with van der Waals surface area (Å²) in [5, 5.41) is 0. The fourth-order valence-corrected chi connectivity index (χ4v) is 3.50. The molecule has 1 aromatic carbocycles. The van der Waals surface area contributed by atoms with E-state index < -0.39 is 0 Å². The number of ether oxygens (including phenoxy) is 2. The number of fused-ring (bicyclic) bond motifs is 2. The Hall–Kier alpha value is -2.67. The highest BCUT2D eigenvalue weighted by Crippen LogP contribution is 2.38. The van der Waals surface area contributed by atoms with Crippen molar-refractivity contribution in [3.05, 3.63) is 40.6 Å². The van der Waals surface area contributed by atoms with Crippen molar-refractivity contribution >= 4 is 17.4 Å². The number of amides is 1. The Balaban J connectivity index is 1.71. The Kier molecular flexibility index (Phi) is 3.43. The summed E-state index contributed by atoms with van der Waals surface area (Å²) in [6.45, 7) is 5.18. The number of nitrogen functional groups attached to an aromatic ring is 1. The van der Waals surface area contributed by atoms with Crippen LogP contribution in [-0.2, 0) is 23.4 Å². The number of nitrogens with two attached hydrogens (primary N) is 1. The van der Waals surface area contributed by atoms with E-state index in [2.05, 4.69) is 9.97 Å². The van der Waals surface area contributed by atoms with Crippen LogP contribution in [0.25, 0.3) is 0 Å². The lowest BCUT2D eigenvalue weighted by Crippen LogP contribution is -2.39. The number of carbonyl (C=O) groups is 1. The van der Waals surface area contributed by atoms with Gasteiger partial charge in [0.05, 0.1) is 25.0 Å².